The van der Waals surface area contributed by atoms with E-state index < -0.39 is 0 Å². The molecule has 0 unspecified atom stereocenters. The van der Waals surface area contributed by atoms with Crippen molar-refractivity contribution in [3.63, 3.8) is 0 Å². The third kappa shape index (κ3) is 4.31. The van der Waals surface area contributed by atoms with E-state index in [4.69, 9.17) is 21.4 Å². The Morgan fingerprint density at radius 3 is 2.79 bits per heavy atom. The number of rotatable bonds is 7. The Kier molecular flexibility index (Phi) is 5.80. The maximum absolute atomic E-state index is 6.32. The summed E-state index contributed by atoms with van der Waals surface area (Å²) in [5.41, 5.74) is 3.18. The van der Waals surface area contributed by atoms with E-state index in [2.05, 4.69) is 11.4 Å². The van der Waals surface area contributed by atoms with Crippen LogP contribution in [0.4, 0.5) is 0 Å². The number of hydrogen-bond acceptors (Lipinski definition) is 3. The maximum atomic E-state index is 6.32. The second-order valence-corrected chi connectivity index (χ2v) is 7.13. The maximum Gasteiger partial charge on any atom is 0.212 e. The lowest BCUT2D eigenvalue weighted by atomic mass is 10.1. The van der Waals surface area contributed by atoms with Crippen LogP contribution in [0.2, 0.25) is 5.02 Å². The summed E-state index contributed by atoms with van der Waals surface area (Å²) in [4.78, 5) is 0. The lowest BCUT2D eigenvalue weighted by molar-refractivity contribution is 0.261. The molecular formula is C19H26ClN3O. The Balaban J connectivity index is 1.72. The van der Waals surface area contributed by atoms with Crippen LogP contribution in [0, 0.1) is 12.8 Å². The van der Waals surface area contributed by atoms with Gasteiger partial charge in [-0.3, -0.25) is 0 Å². The van der Waals surface area contributed by atoms with E-state index in [1.54, 1.807) is 0 Å². The van der Waals surface area contributed by atoms with Crippen LogP contribution in [0.1, 0.15) is 42.5 Å². The molecule has 5 heteroatoms. The highest BCUT2D eigenvalue weighted by Gasteiger charge is 2.19. The van der Waals surface area contributed by atoms with Crippen molar-refractivity contribution in [3.8, 4) is 5.88 Å². The second kappa shape index (κ2) is 8.04. The monoisotopic (exact) mass is 347 g/mol. The molecule has 1 N–H and O–H groups in total. The SMILES string of the molecule is CNCc1cc(OCc2ccc(C)cc2Cl)n(CC2CCCC2)n1. The number of nitrogens with one attached hydrogen (secondary N) is 1. The molecule has 0 saturated heterocycles. The number of nitrogens with zero attached hydrogens (tertiary/aromatic N) is 2. The number of aryl methyl sites for hydroxylation is 1. The van der Waals surface area contributed by atoms with Gasteiger partial charge in [0.15, 0.2) is 0 Å². The largest absolute Gasteiger partial charge is 0.473 e. The fourth-order valence-electron chi connectivity index (χ4n) is 3.32. The van der Waals surface area contributed by atoms with E-state index in [1.807, 2.05) is 36.9 Å². The Morgan fingerprint density at radius 1 is 1.29 bits per heavy atom. The van der Waals surface area contributed by atoms with Gasteiger partial charge in [-0.05, 0) is 44.4 Å². The van der Waals surface area contributed by atoms with Crippen molar-refractivity contribution in [1.29, 1.82) is 0 Å². The number of aromatic nitrogens is 2. The molecule has 4 nitrogen and oxygen atoms in total. The van der Waals surface area contributed by atoms with E-state index >= 15 is 0 Å². The highest BCUT2D eigenvalue weighted by molar-refractivity contribution is 6.31. The first kappa shape index (κ1) is 17.3. The Hall–Kier alpha value is -1.52. The van der Waals surface area contributed by atoms with Gasteiger partial charge in [0, 0.05) is 29.7 Å². The van der Waals surface area contributed by atoms with Crippen LogP contribution >= 0.6 is 11.6 Å². The van der Waals surface area contributed by atoms with Crippen LogP contribution in [-0.2, 0) is 19.7 Å². The molecule has 130 valence electrons. The molecule has 1 saturated carbocycles. The summed E-state index contributed by atoms with van der Waals surface area (Å²) >= 11 is 6.32. The number of ether oxygens (including phenoxy) is 1. The van der Waals surface area contributed by atoms with Crippen LogP contribution in [0.15, 0.2) is 24.3 Å². The first-order valence-corrected chi connectivity index (χ1v) is 9.12. The molecule has 1 aromatic heterocycles. The van der Waals surface area contributed by atoms with E-state index in [-0.39, 0.29) is 0 Å². The second-order valence-electron chi connectivity index (χ2n) is 6.72. The minimum atomic E-state index is 0.467. The van der Waals surface area contributed by atoms with Crippen molar-refractivity contribution < 1.29 is 4.74 Å². The van der Waals surface area contributed by atoms with E-state index in [0.29, 0.717) is 6.61 Å². The summed E-state index contributed by atoms with van der Waals surface area (Å²) in [6, 6.07) is 8.10. The molecule has 0 spiro atoms. The number of benzene rings is 1. The fraction of sp³-hybridized carbons (Fsp3) is 0.526. The molecule has 0 radical (unpaired) electrons. The van der Waals surface area contributed by atoms with E-state index in [1.165, 1.54) is 25.7 Å². The molecular weight excluding hydrogens is 322 g/mol. The zero-order valence-corrected chi connectivity index (χ0v) is 15.3. The van der Waals surface area contributed by atoms with Gasteiger partial charge in [0.05, 0.1) is 5.69 Å². The fourth-order valence-corrected chi connectivity index (χ4v) is 3.61. The van der Waals surface area contributed by atoms with Crippen LogP contribution in [-0.4, -0.2) is 16.8 Å². The smallest absolute Gasteiger partial charge is 0.212 e. The molecule has 1 heterocycles. The third-order valence-electron chi connectivity index (χ3n) is 4.64. The predicted octanol–water partition coefficient (Wildman–Crippen LogP) is 4.33. The molecule has 1 aromatic carbocycles. The van der Waals surface area contributed by atoms with Crippen LogP contribution < -0.4 is 10.1 Å². The van der Waals surface area contributed by atoms with Gasteiger partial charge in [-0.1, -0.05) is 36.6 Å². The minimum absolute atomic E-state index is 0.467. The molecule has 0 aliphatic heterocycles. The highest BCUT2D eigenvalue weighted by atomic mass is 35.5. The standard InChI is InChI=1S/C19H26ClN3O/c1-14-7-8-16(18(20)9-14)13-24-19-10-17(11-21-2)22-23(19)12-15-5-3-4-6-15/h7-10,15,21H,3-6,11-13H2,1-2H3. The summed E-state index contributed by atoms with van der Waals surface area (Å²) < 4.78 is 8.10. The summed E-state index contributed by atoms with van der Waals surface area (Å²) in [6.45, 7) is 4.20. The quantitative estimate of drug-likeness (QED) is 0.810. The topological polar surface area (TPSA) is 39.1 Å². The van der Waals surface area contributed by atoms with Gasteiger partial charge < -0.3 is 10.1 Å². The molecule has 3 rings (SSSR count). The molecule has 0 amide bonds. The van der Waals surface area contributed by atoms with Gasteiger partial charge >= 0.3 is 0 Å². The zero-order valence-electron chi connectivity index (χ0n) is 14.5. The average molecular weight is 348 g/mol. The Morgan fingerprint density at radius 2 is 2.08 bits per heavy atom. The molecule has 1 aliphatic rings. The zero-order chi connectivity index (χ0) is 16.9. The molecule has 24 heavy (non-hydrogen) atoms. The van der Waals surface area contributed by atoms with Crippen molar-refractivity contribution >= 4 is 11.6 Å². The lowest BCUT2D eigenvalue weighted by Gasteiger charge is -2.13. The van der Waals surface area contributed by atoms with Gasteiger partial charge in [0.25, 0.3) is 0 Å². The molecule has 0 atom stereocenters. The molecule has 1 aliphatic carbocycles. The van der Waals surface area contributed by atoms with Gasteiger partial charge in [0.1, 0.15) is 6.61 Å². The van der Waals surface area contributed by atoms with E-state index in [9.17, 15) is 0 Å². The van der Waals surface area contributed by atoms with E-state index in [0.717, 1.165) is 46.7 Å². The van der Waals surface area contributed by atoms with Gasteiger partial charge in [-0.2, -0.15) is 5.10 Å². The van der Waals surface area contributed by atoms with Crippen molar-refractivity contribution in [2.75, 3.05) is 7.05 Å². The normalized spacial score (nSPS) is 15.1. The van der Waals surface area contributed by atoms with Gasteiger partial charge in [-0.25, -0.2) is 4.68 Å². The number of hydrogen-bond donors (Lipinski definition) is 1. The highest BCUT2D eigenvalue weighted by Crippen LogP contribution is 2.28. The summed E-state index contributed by atoms with van der Waals surface area (Å²) in [5, 5.41) is 8.62. The summed E-state index contributed by atoms with van der Waals surface area (Å²) in [6.07, 6.45) is 5.27. The Labute approximate surface area is 149 Å². The molecule has 2 aromatic rings. The summed E-state index contributed by atoms with van der Waals surface area (Å²) in [5.74, 6) is 1.56. The minimum Gasteiger partial charge on any atom is -0.473 e. The van der Waals surface area contributed by atoms with Crippen molar-refractivity contribution in [2.24, 2.45) is 5.92 Å². The Bertz CT molecular complexity index is 677. The van der Waals surface area contributed by atoms with Crippen molar-refractivity contribution in [2.45, 2.75) is 52.3 Å². The van der Waals surface area contributed by atoms with Crippen molar-refractivity contribution in [1.82, 2.24) is 15.1 Å². The molecule has 1 fully saturated rings. The first-order chi connectivity index (χ1) is 11.7. The van der Waals surface area contributed by atoms with Crippen LogP contribution in [0.3, 0.4) is 0 Å². The van der Waals surface area contributed by atoms with Gasteiger partial charge in [-0.15, -0.1) is 0 Å². The third-order valence-corrected chi connectivity index (χ3v) is 4.99. The van der Waals surface area contributed by atoms with Gasteiger partial charge in [0.2, 0.25) is 5.88 Å². The lowest BCUT2D eigenvalue weighted by Crippen LogP contribution is -2.12. The van der Waals surface area contributed by atoms with Crippen molar-refractivity contribution in [3.05, 3.63) is 46.1 Å². The predicted molar refractivity (Wildman–Crippen MR) is 97.5 cm³/mol. The van der Waals surface area contributed by atoms with Crippen LogP contribution in [0.25, 0.3) is 0 Å². The molecule has 0 bridgehead atoms. The first-order valence-electron chi connectivity index (χ1n) is 8.75. The summed E-state index contributed by atoms with van der Waals surface area (Å²) in [7, 11) is 1.93. The number of halogens is 1. The average Bonchev–Trinajstić information content (AvgIpc) is 3.18. The van der Waals surface area contributed by atoms with Crippen LogP contribution in [0.5, 0.6) is 5.88 Å².